The van der Waals surface area contributed by atoms with Crippen LogP contribution in [0.25, 0.3) is 0 Å². The van der Waals surface area contributed by atoms with E-state index in [-0.39, 0.29) is 17.2 Å². The van der Waals surface area contributed by atoms with Crippen molar-refractivity contribution in [2.45, 2.75) is 44.6 Å². The lowest BCUT2D eigenvalue weighted by Gasteiger charge is -2.49. The molecule has 0 heterocycles. The Morgan fingerprint density at radius 1 is 1.12 bits per heavy atom. The van der Waals surface area contributed by atoms with Crippen LogP contribution in [0, 0.1) is 0 Å². The fourth-order valence-corrected chi connectivity index (χ4v) is 2.34. The lowest BCUT2D eigenvalue weighted by Crippen LogP contribution is -2.57. The predicted molar refractivity (Wildman–Crippen MR) is 67.8 cm³/mol. The van der Waals surface area contributed by atoms with Crippen molar-refractivity contribution in [3.8, 4) is 0 Å². The topological polar surface area (TPSA) is 40.6 Å². The molecule has 0 aliphatic heterocycles. The van der Waals surface area contributed by atoms with E-state index in [2.05, 4.69) is 19.0 Å². The molecule has 0 N–H and O–H groups in total. The Bertz CT molecular complexity index is 296. The van der Waals surface area contributed by atoms with Crippen LogP contribution in [0.2, 0.25) is 0 Å². The van der Waals surface area contributed by atoms with Crippen molar-refractivity contribution in [2.24, 2.45) is 0 Å². The third kappa shape index (κ3) is 3.53. The first kappa shape index (κ1) is 14.2. The Morgan fingerprint density at radius 2 is 1.71 bits per heavy atom. The number of carbonyl (C=O) groups excluding carboxylic acids is 2. The van der Waals surface area contributed by atoms with Gasteiger partial charge in [-0.15, -0.1) is 0 Å². The minimum absolute atomic E-state index is 0.0772. The van der Waals surface area contributed by atoms with E-state index < -0.39 is 0 Å². The highest BCUT2D eigenvalue weighted by atomic mass is 16.2. The molecule has 1 amide bonds. The Morgan fingerprint density at radius 3 is 2.06 bits per heavy atom. The molecule has 0 unspecified atom stereocenters. The van der Waals surface area contributed by atoms with E-state index in [1.54, 1.807) is 4.90 Å². The van der Waals surface area contributed by atoms with Crippen LogP contribution >= 0.6 is 0 Å². The summed E-state index contributed by atoms with van der Waals surface area (Å²) in [7, 11) is 5.99. The number of carbonyl (C=O) groups is 2. The summed E-state index contributed by atoms with van der Waals surface area (Å²) in [6.45, 7) is 2.30. The van der Waals surface area contributed by atoms with E-state index >= 15 is 0 Å². The van der Waals surface area contributed by atoms with E-state index in [4.69, 9.17) is 0 Å². The highest BCUT2D eigenvalue weighted by Gasteiger charge is 2.40. The first-order valence-corrected chi connectivity index (χ1v) is 6.28. The summed E-state index contributed by atoms with van der Waals surface area (Å²) >= 11 is 0. The molecule has 0 saturated heterocycles. The van der Waals surface area contributed by atoms with Gasteiger partial charge >= 0.3 is 0 Å². The minimum atomic E-state index is 0.0772. The molecule has 0 aromatic rings. The maximum absolute atomic E-state index is 11.8. The standard InChI is InChI=1S/C13H24N2O2/c1-11(16)6-7-12(17)15(4)10-13(14(2)3)8-5-9-13/h5-10H2,1-4H3. The number of amides is 1. The van der Waals surface area contributed by atoms with Crippen LogP contribution in [-0.4, -0.2) is 54.7 Å². The lowest BCUT2D eigenvalue weighted by molar-refractivity contribution is -0.134. The van der Waals surface area contributed by atoms with Crippen LogP contribution in [0.4, 0.5) is 0 Å². The van der Waals surface area contributed by atoms with Crippen LogP contribution in [0.5, 0.6) is 0 Å². The third-order valence-corrected chi connectivity index (χ3v) is 3.88. The first-order valence-electron chi connectivity index (χ1n) is 6.28. The number of nitrogens with zero attached hydrogens (tertiary/aromatic N) is 2. The summed E-state index contributed by atoms with van der Waals surface area (Å²) in [4.78, 5) is 26.7. The van der Waals surface area contributed by atoms with Crippen LogP contribution in [0.3, 0.4) is 0 Å². The molecule has 1 saturated carbocycles. The van der Waals surface area contributed by atoms with Crippen molar-refractivity contribution in [2.75, 3.05) is 27.7 Å². The highest BCUT2D eigenvalue weighted by Crippen LogP contribution is 2.36. The van der Waals surface area contributed by atoms with Gasteiger partial charge in [-0.1, -0.05) is 0 Å². The van der Waals surface area contributed by atoms with Gasteiger partial charge in [-0.05, 0) is 40.3 Å². The number of hydrogen-bond donors (Lipinski definition) is 0. The molecular weight excluding hydrogens is 216 g/mol. The number of rotatable bonds is 6. The molecule has 4 heteroatoms. The maximum atomic E-state index is 11.8. The van der Waals surface area contributed by atoms with Gasteiger partial charge in [-0.25, -0.2) is 0 Å². The summed E-state index contributed by atoms with van der Waals surface area (Å²) in [5, 5.41) is 0. The molecule has 4 nitrogen and oxygen atoms in total. The van der Waals surface area contributed by atoms with Gasteiger partial charge < -0.3 is 14.6 Å². The van der Waals surface area contributed by atoms with Gasteiger partial charge in [0.15, 0.2) is 0 Å². The Labute approximate surface area is 104 Å². The average Bonchev–Trinajstić information content (AvgIpc) is 2.18. The Balaban J connectivity index is 2.44. The number of hydrogen-bond acceptors (Lipinski definition) is 3. The molecule has 1 aliphatic rings. The zero-order valence-electron chi connectivity index (χ0n) is 11.5. The molecule has 0 aromatic heterocycles. The molecule has 0 aromatic carbocycles. The number of likely N-dealkylation sites (N-methyl/N-ethyl adjacent to an activating group) is 2. The number of Topliss-reactive ketones (excluding diaryl/α,β-unsaturated/α-hetero) is 1. The van der Waals surface area contributed by atoms with Crippen molar-refractivity contribution in [1.82, 2.24) is 9.80 Å². The van der Waals surface area contributed by atoms with E-state index in [0.29, 0.717) is 12.8 Å². The quantitative estimate of drug-likeness (QED) is 0.702. The number of ketones is 1. The van der Waals surface area contributed by atoms with E-state index in [0.717, 1.165) is 19.4 Å². The second-order valence-electron chi connectivity index (χ2n) is 5.42. The van der Waals surface area contributed by atoms with Crippen LogP contribution in [0.1, 0.15) is 39.0 Å². The van der Waals surface area contributed by atoms with E-state index in [1.807, 2.05) is 7.05 Å². The summed E-state index contributed by atoms with van der Waals surface area (Å²) < 4.78 is 0. The predicted octanol–water partition coefficient (Wildman–Crippen LogP) is 1.30. The van der Waals surface area contributed by atoms with Crippen molar-refractivity contribution in [3.05, 3.63) is 0 Å². The van der Waals surface area contributed by atoms with Crippen molar-refractivity contribution in [3.63, 3.8) is 0 Å². The first-order chi connectivity index (χ1) is 7.87. The molecular formula is C13H24N2O2. The van der Waals surface area contributed by atoms with Crippen molar-refractivity contribution in [1.29, 1.82) is 0 Å². The molecule has 98 valence electrons. The molecule has 1 fully saturated rings. The maximum Gasteiger partial charge on any atom is 0.222 e. The van der Waals surface area contributed by atoms with Crippen molar-refractivity contribution < 1.29 is 9.59 Å². The minimum Gasteiger partial charge on any atom is -0.344 e. The molecule has 1 rings (SSSR count). The molecule has 0 atom stereocenters. The van der Waals surface area contributed by atoms with Gasteiger partial charge in [0.2, 0.25) is 5.91 Å². The fourth-order valence-electron chi connectivity index (χ4n) is 2.34. The van der Waals surface area contributed by atoms with Gasteiger partial charge in [0.05, 0.1) is 0 Å². The normalized spacial score (nSPS) is 17.7. The van der Waals surface area contributed by atoms with E-state index in [1.165, 1.54) is 13.3 Å². The largest absolute Gasteiger partial charge is 0.344 e. The Kier molecular flexibility index (Phi) is 4.69. The summed E-state index contributed by atoms with van der Waals surface area (Å²) in [5.74, 6) is 0.158. The van der Waals surface area contributed by atoms with Gasteiger partial charge in [0.1, 0.15) is 5.78 Å². The van der Waals surface area contributed by atoms with E-state index in [9.17, 15) is 9.59 Å². The second-order valence-corrected chi connectivity index (χ2v) is 5.42. The van der Waals surface area contributed by atoms with Gasteiger partial charge in [0, 0.05) is 32.0 Å². The molecule has 0 radical (unpaired) electrons. The molecule has 0 spiro atoms. The van der Waals surface area contributed by atoms with Crippen LogP contribution in [-0.2, 0) is 9.59 Å². The fraction of sp³-hybridized carbons (Fsp3) is 0.846. The van der Waals surface area contributed by atoms with Gasteiger partial charge in [0.25, 0.3) is 0 Å². The molecule has 17 heavy (non-hydrogen) atoms. The lowest BCUT2D eigenvalue weighted by atomic mass is 9.75. The van der Waals surface area contributed by atoms with Gasteiger partial charge in [-0.2, -0.15) is 0 Å². The highest BCUT2D eigenvalue weighted by molar-refractivity contribution is 5.83. The average molecular weight is 240 g/mol. The third-order valence-electron chi connectivity index (χ3n) is 3.88. The van der Waals surface area contributed by atoms with Crippen LogP contribution < -0.4 is 0 Å². The summed E-state index contributed by atoms with van der Waals surface area (Å²) in [5.41, 5.74) is 0.167. The molecule has 0 bridgehead atoms. The molecule has 1 aliphatic carbocycles. The monoisotopic (exact) mass is 240 g/mol. The smallest absolute Gasteiger partial charge is 0.222 e. The SMILES string of the molecule is CC(=O)CCC(=O)N(C)CC1(N(C)C)CCC1. The zero-order chi connectivity index (χ0) is 13.1. The second kappa shape index (κ2) is 5.63. The summed E-state index contributed by atoms with van der Waals surface area (Å²) in [6.07, 6.45) is 4.26. The van der Waals surface area contributed by atoms with Crippen molar-refractivity contribution >= 4 is 11.7 Å². The summed E-state index contributed by atoms with van der Waals surface area (Å²) in [6, 6.07) is 0. The zero-order valence-corrected chi connectivity index (χ0v) is 11.5. The van der Waals surface area contributed by atoms with Gasteiger partial charge in [-0.3, -0.25) is 4.79 Å². The Hall–Kier alpha value is -0.900. The van der Waals surface area contributed by atoms with Crippen LogP contribution in [0.15, 0.2) is 0 Å².